The Balaban J connectivity index is 1.47. The van der Waals surface area contributed by atoms with Crippen LogP contribution in [0.15, 0.2) is 96.7 Å². The number of hydrogen-bond acceptors (Lipinski definition) is 4. The summed E-state index contributed by atoms with van der Waals surface area (Å²) in [6.45, 7) is 11.2. The quantitative estimate of drug-likeness (QED) is 0.169. The van der Waals surface area contributed by atoms with E-state index in [0.29, 0.717) is 33.7 Å². The van der Waals surface area contributed by atoms with Crippen molar-refractivity contribution >= 4 is 63.7 Å². The van der Waals surface area contributed by atoms with E-state index in [2.05, 4.69) is 58.0 Å². The second-order valence-electron chi connectivity index (χ2n) is 13.5. The summed E-state index contributed by atoms with van der Waals surface area (Å²) < 4.78 is 0. The monoisotopic (exact) mass is 718 g/mol. The smallest absolute Gasteiger partial charge is 0.335 e. The molecular formula is C42H40Cl2N4O3. The minimum atomic E-state index is -1.06. The number of carbonyl (C=O) groups excluding carboxylic acids is 1. The molecule has 2 atom stereocenters. The maximum atomic E-state index is 14.8. The zero-order chi connectivity index (χ0) is 35.8. The number of anilines is 1. The first-order valence-electron chi connectivity index (χ1n) is 17.3. The van der Waals surface area contributed by atoms with Gasteiger partial charge in [0, 0.05) is 45.3 Å². The van der Waals surface area contributed by atoms with E-state index >= 15 is 0 Å². The van der Waals surface area contributed by atoms with Crippen LogP contribution in [0.25, 0.3) is 22.9 Å². The number of carboxylic acid groups (broad SMARTS) is 1. The molecule has 1 amide bonds. The van der Waals surface area contributed by atoms with Gasteiger partial charge in [0.1, 0.15) is 5.69 Å². The molecule has 1 aromatic heterocycles. The Morgan fingerprint density at radius 2 is 1.76 bits per heavy atom. The first kappa shape index (κ1) is 34.6. The normalized spacial score (nSPS) is 19.2. The van der Waals surface area contributed by atoms with Gasteiger partial charge in [-0.1, -0.05) is 91.3 Å². The number of rotatable bonds is 8. The fourth-order valence-electron chi connectivity index (χ4n) is 7.67. The van der Waals surface area contributed by atoms with Crippen molar-refractivity contribution in [3.8, 4) is 0 Å². The fourth-order valence-corrected chi connectivity index (χ4v) is 7.91. The Hall–Kier alpha value is -4.82. The highest BCUT2D eigenvalue weighted by Gasteiger charge is 2.41. The van der Waals surface area contributed by atoms with E-state index in [4.69, 9.17) is 23.2 Å². The molecule has 0 aliphatic carbocycles. The molecule has 7 nitrogen and oxygen atoms in total. The first-order chi connectivity index (χ1) is 24.6. The first-order valence-corrected chi connectivity index (χ1v) is 18.1. The Kier molecular flexibility index (Phi) is 9.79. The van der Waals surface area contributed by atoms with Crippen LogP contribution in [0.4, 0.5) is 5.69 Å². The standard InChI is InChI=1S/C42H40Cl2N4O3/c1-25-10-9-21-48-39(29-15-17-32(44)18-16-29)27(3)36-34(22-26(2)43)45-38(37(36)40(48)35(25)28-11-5-4-6-12-28)41(49)46-33-23-30(42(50)51)13-14-31(33)24-47-19-7-8-20-47/h4-6,9,11-18,21-23,25,39,45H,3,7-8,10,19-20,24H2,1-2H3,(H,46,49)(H,50,51). The summed E-state index contributed by atoms with van der Waals surface area (Å²) in [7, 11) is 0. The highest BCUT2D eigenvalue weighted by molar-refractivity contribution is 6.31. The largest absolute Gasteiger partial charge is 0.478 e. The highest BCUT2D eigenvalue weighted by atomic mass is 35.5. The lowest BCUT2D eigenvalue weighted by atomic mass is 9.80. The van der Waals surface area contributed by atoms with Gasteiger partial charge >= 0.3 is 5.97 Å². The molecule has 4 heterocycles. The van der Waals surface area contributed by atoms with Gasteiger partial charge in [-0.15, -0.1) is 0 Å². The lowest BCUT2D eigenvalue weighted by Gasteiger charge is -2.41. The van der Waals surface area contributed by atoms with Gasteiger partial charge in [-0.25, -0.2) is 4.79 Å². The summed E-state index contributed by atoms with van der Waals surface area (Å²) in [5.74, 6) is -1.34. The van der Waals surface area contributed by atoms with Crippen LogP contribution in [0, 0.1) is 5.92 Å². The van der Waals surface area contributed by atoms with Crippen LogP contribution in [0.1, 0.15) is 93.5 Å². The second-order valence-corrected chi connectivity index (χ2v) is 14.6. The van der Waals surface area contributed by atoms with E-state index in [1.807, 2.05) is 48.5 Å². The van der Waals surface area contributed by atoms with Gasteiger partial charge in [-0.3, -0.25) is 9.69 Å². The Labute approximate surface area is 308 Å². The van der Waals surface area contributed by atoms with E-state index in [9.17, 15) is 14.7 Å². The minimum Gasteiger partial charge on any atom is -0.478 e. The third kappa shape index (κ3) is 6.81. The molecule has 0 spiro atoms. The molecule has 0 radical (unpaired) electrons. The molecular weight excluding hydrogens is 679 g/mol. The van der Waals surface area contributed by atoms with Crippen LogP contribution < -0.4 is 5.32 Å². The van der Waals surface area contributed by atoms with Gasteiger partial charge in [-0.2, -0.15) is 0 Å². The maximum Gasteiger partial charge on any atom is 0.335 e. The number of allylic oxidation sites excluding steroid dienone is 3. The molecule has 3 aromatic carbocycles. The molecule has 1 saturated heterocycles. The number of hydrogen-bond donors (Lipinski definition) is 3. The highest BCUT2D eigenvalue weighted by Crippen LogP contribution is 2.53. The zero-order valence-electron chi connectivity index (χ0n) is 28.7. The molecule has 0 saturated carbocycles. The van der Waals surface area contributed by atoms with Crippen molar-refractivity contribution in [3.63, 3.8) is 0 Å². The van der Waals surface area contributed by atoms with Crippen molar-refractivity contribution in [1.82, 2.24) is 14.8 Å². The molecule has 3 aliphatic rings. The maximum absolute atomic E-state index is 14.8. The molecule has 51 heavy (non-hydrogen) atoms. The number of nitrogens with zero attached hydrogens (tertiary/aromatic N) is 2. The van der Waals surface area contributed by atoms with Gasteiger partial charge < -0.3 is 20.3 Å². The number of fused-ring (bicyclic) bond motifs is 3. The average molecular weight is 720 g/mol. The van der Waals surface area contributed by atoms with Gasteiger partial charge in [0.2, 0.25) is 0 Å². The summed E-state index contributed by atoms with van der Waals surface area (Å²) in [5.41, 5.74) is 8.82. The third-order valence-electron chi connectivity index (χ3n) is 10.00. The number of carbonyl (C=O) groups is 2. The van der Waals surface area contributed by atoms with Crippen LogP contribution in [-0.4, -0.2) is 44.9 Å². The summed E-state index contributed by atoms with van der Waals surface area (Å²) in [6, 6.07) is 22.8. The summed E-state index contributed by atoms with van der Waals surface area (Å²) in [4.78, 5) is 34.9. The van der Waals surface area contributed by atoms with E-state index in [1.165, 1.54) is 0 Å². The van der Waals surface area contributed by atoms with E-state index in [1.54, 1.807) is 25.1 Å². The molecule has 9 heteroatoms. The van der Waals surface area contributed by atoms with Crippen molar-refractivity contribution < 1.29 is 14.7 Å². The van der Waals surface area contributed by atoms with Crippen LogP contribution in [0.3, 0.4) is 0 Å². The van der Waals surface area contributed by atoms with Crippen molar-refractivity contribution in [1.29, 1.82) is 0 Å². The fraction of sp³-hybridized carbons (Fsp3) is 0.238. The number of H-pyrrole nitrogens is 1. The van der Waals surface area contributed by atoms with E-state index in [-0.39, 0.29) is 23.4 Å². The van der Waals surface area contributed by atoms with E-state index in [0.717, 1.165) is 77.0 Å². The third-order valence-corrected chi connectivity index (χ3v) is 10.4. The molecule has 1 fully saturated rings. The second kappa shape index (κ2) is 14.4. The number of benzene rings is 3. The van der Waals surface area contributed by atoms with Gasteiger partial charge in [-0.05, 0) is 103 Å². The van der Waals surface area contributed by atoms with Crippen molar-refractivity contribution in [2.24, 2.45) is 5.92 Å². The number of aromatic amines is 1. The zero-order valence-corrected chi connectivity index (χ0v) is 30.2. The lowest BCUT2D eigenvalue weighted by Crippen LogP contribution is -2.30. The Morgan fingerprint density at radius 3 is 2.45 bits per heavy atom. The number of carboxylic acids is 1. The lowest BCUT2D eigenvalue weighted by molar-refractivity contribution is 0.0696. The number of nitrogens with one attached hydrogen (secondary N) is 2. The topological polar surface area (TPSA) is 88.7 Å². The average Bonchev–Trinajstić information content (AvgIpc) is 3.72. The molecule has 3 aliphatic heterocycles. The number of aromatic carboxylic acids is 1. The number of aromatic nitrogens is 1. The van der Waals surface area contributed by atoms with Crippen LogP contribution in [-0.2, 0) is 6.54 Å². The van der Waals surface area contributed by atoms with Crippen LogP contribution in [0.5, 0.6) is 0 Å². The van der Waals surface area contributed by atoms with Crippen molar-refractivity contribution in [2.75, 3.05) is 18.4 Å². The number of likely N-dealkylation sites (tertiary alicyclic amines) is 1. The van der Waals surface area contributed by atoms with Crippen molar-refractivity contribution in [2.45, 2.75) is 45.7 Å². The summed E-state index contributed by atoms with van der Waals surface area (Å²) >= 11 is 12.9. The molecule has 4 aromatic rings. The Morgan fingerprint density at radius 1 is 1.04 bits per heavy atom. The van der Waals surface area contributed by atoms with E-state index < -0.39 is 5.97 Å². The molecule has 2 unspecified atom stereocenters. The predicted octanol–water partition coefficient (Wildman–Crippen LogP) is 10.3. The SMILES string of the molecule is C=C1c2c(C=C(C)Cl)[nH]c(C(=O)Nc3cc(C(=O)O)ccc3CN3CCCC3)c2C2=C(c3ccccc3)C(C)CC=CN2C1c1ccc(Cl)cc1. The van der Waals surface area contributed by atoms with Crippen LogP contribution >= 0.6 is 23.2 Å². The number of amides is 1. The van der Waals surface area contributed by atoms with Gasteiger partial charge in [0.25, 0.3) is 5.91 Å². The van der Waals surface area contributed by atoms with Crippen molar-refractivity contribution in [3.05, 3.63) is 146 Å². The Bertz CT molecular complexity index is 2100. The predicted molar refractivity (Wildman–Crippen MR) is 207 cm³/mol. The van der Waals surface area contributed by atoms with Crippen LogP contribution in [0.2, 0.25) is 5.02 Å². The van der Waals surface area contributed by atoms with Gasteiger partial charge in [0.05, 0.1) is 17.3 Å². The summed E-state index contributed by atoms with van der Waals surface area (Å²) in [5, 5.41) is 14.2. The minimum absolute atomic E-state index is 0.104. The molecule has 260 valence electrons. The summed E-state index contributed by atoms with van der Waals surface area (Å²) in [6.07, 6.45) is 9.14. The molecule has 3 N–H and O–H groups in total. The van der Waals surface area contributed by atoms with Gasteiger partial charge in [0.15, 0.2) is 0 Å². The molecule has 7 rings (SSSR count). The number of halogens is 2. The molecule has 0 bridgehead atoms.